The molecule has 5 heteroatoms. The molecule has 132 valence electrons. The van der Waals surface area contributed by atoms with E-state index in [1.165, 1.54) is 0 Å². The fourth-order valence-electron chi connectivity index (χ4n) is 2.95. The fraction of sp³-hybridized carbons (Fsp3) is 0.350. The van der Waals surface area contributed by atoms with E-state index in [0.29, 0.717) is 5.56 Å². The second-order valence-corrected chi connectivity index (χ2v) is 6.96. The molecule has 1 aliphatic heterocycles. The Morgan fingerprint density at radius 2 is 1.80 bits per heavy atom. The number of morpholine rings is 1. The number of ether oxygens (including phenoxy) is 1. The van der Waals surface area contributed by atoms with Crippen LogP contribution in [0.5, 0.6) is 0 Å². The first-order valence-corrected chi connectivity index (χ1v) is 9.78. The molecule has 0 bridgehead atoms. The number of hydrogen-bond acceptors (Lipinski definition) is 4. The minimum absolute atomic E-state index is 0.0326. The summed E-state index contributed by atoms with van der Waals surface area (Å²) in [5.41, 5.74) is 1.82. The lowest BCUT2D eigenvalue weighted by molar-refractivity contribution is 0.0332. The van der Waals surface area contributed by atoms with Gasteiger partial charge in [0.05, 0.1) is 19.3 Å². The Labute approximate surface area is 153 Å². The molecule has 1 amide bonds. The van der Waals surface area contributed by atoms with Gasteiger partial charge in [-0.2, -0.15) is 0 Å². The second kappa shape index (κ2) is 9.04. The Kier molecular flexibility index (Phi) is 6.50. The fourth-order valence-corrected chi connectivity index (χ4v) is 3.35. The van der Waals surface area contributed by atoms with Crippen LogP contribution < -0.4 is 5.32 Å². The third kappa shape index (κ3) is 5.08. The first-order chi connectivity index (χ1) is 12.3. The maximum Gasteiger partial charge on any atom is 0.251 e. The summed E-state index contributed by atoms with van der Waals surface area (Å²) in [5, 5.41) is 3.21. The molecule has 1 fully saturated rings. The highest BCUT2D eigenvalue weighted by Crippen LogP contribution is 2.18. The number of thioether (sulfide) groups is 1. The third-order valence-electron chi connectivity index (χ3n) is 4.40. The van der Waals surface area contributed by atoms with E-state index in [9.17, 15) is 4.79 Å². The summed E-state index contributed by atoms with van der Waals surface area (Å²) in [4.78, 5) is 16.2. The molecule has 0 saturated carbocycles. The van der Waals surface area contributed by atoms with Crippen LogP contribution in [0.3, 0.4) is 0 Å². The van der Waals surface area contributed by atoms with Gasteiger partial charge in [-0.15, -0.1) is 11.8 Å². The average Bonchev–Trinajstić information content (AvgIpc) is 2.69. The summed E-state index contributed by atoms with van der Waals surface area (Å²) in [5.74, 6) is -0.0326. The average molecular weight is 356 g/mol. The number of amides is 1. The van der Waals surface area contributed by atoms with Gasteiger partial charge in [0.1, 0.15) is 0 Å². The summed E-state index contributed by atoms with van der Waals surface area (Å²) in [6.45, 7) is 4.11. The standard InChI is InChI=1S/C20H24N2O2S/c1-25-18-9-7-17(8-10-18)20(23)21-19(16-5-3-2-4-6-16)15-22-11-13-24-14-12-22/h2-10,19H,11-15H2,1H3,(H,21,23)/t19-/m1/s1. The molecule has 1 saturated heterocycles. The van der Waals surface area contributed by atoms with Crippen molar-refractivity contribution < 1.29 is 9.53 Å². The Morgan fingerprint density at radius 1 is 1.12 bits per heavy atom. The molecule has 0 unspecified atom stereocenters. The van der Waals surface area contributed by atoms with Crippen molar-refractivity contribution in [3.8, 4) is 0 Å². The SMILES string of the molecule is CSc1ccc(C(=O)N[C@H](CN2CCOCC2)c2ccccc2)cc1. The normalized spacial score (nSPS) is 16.4. The number of benzene rings is 2. The lowest BCUT2D eigenvalue weighted by atomic mass is 10.1. The number of carbonyl (C=O) groups excluding carboxylic acids is 1. The molecule has 2 aromatic rings. The molecule has 0 aromatic heterocycles. The van der Waals surface area contributed by atoms with Crippen LogP contribution in [0.2, 0.25) is 0 Å². The second-order valence-electron chi connectivity index (χ2n) is 6.08. The first-order valence-electron chi connectivity index (χ1n) is 8.56. The van der Waals surface area contributed by atoms with Crippen LogP contribution in [0.15, 0.2) is 59.5 Å². The molecule has 4 nitrogen and oxygen atoms in total. The molecule has 3 rings (SSSR count). The first kappa shape index (κ1) is 18.0. The molecule has 0 radical (unpaired) electrons. The van der Waals surface area contributed by atoms with E-state index in [1.807, 2.05) is 48.7 Å². The van der Waals surface area contributed by atoms with Gasteiger partial charge in [-0.05, 0) is 36.1 Å². The highest BCUT2D eigenvalue weighted by molar-refractivity contribution is 7.98. The molecule has 1 heterocycles. The van der Waals surface area contributed by atoms with Crippen LogP contribution in [0, 0.1) is 0 Å². The van der Waals surface area contributed by atoms with E-state index >= 15 is 0 Å². The number of rotatable bonds is 6. The molecule has 25 heavy (non-hydrogen) atoms. The lowest BCUT2D eigenvalue weighted by Gasteiger charge is -2.31. The van der Waals surface area contributed by atoms with Gasteiger partial charge < -0.3 is 10.1 Å². The maximum atomic E-state index is 12.7. The molecule has 1 N–H and O–H groups in total. The zero-order chi connectivity index (χ0) is 17.5. The minimum Gasteiger partial charge on any atom is -0.379 e. The summed E-state index contributed by atoms with van der Waals surface area (Å²) in [6, 6.07) is 17.9. The van der Waals surface area contributed by atoms with Crippen molar-refractivity contribution in [2.24, 2.45) is 0 Å². The van der Waals surface area contributed by atoms with Crippen LogP contribution >= 0.6 is 11.8 Å². The molecule has 2 aromatic carbocycles. The van der Waals surface area contributed by atoms with Gasteiger partial charge in [-0.25, -0.2) is 0 Å². The smallest absolute Gasteiger partial charge is 0.251 e. The number of nitrogens with one attached hydrogen (secondary N) is 1. The summed E-state index contributed by atoms with van der Waals surface area (Å²) in [6.07, 6.45) is 2.03. The van der Waals surface area contributed by atoms with Crippen LogP contribution in [-0.2, 0) is 4.74 Å². The van der Waals surface area contributed by atoms with Gasteiger partial charge in [0.15, 0.2) is 0 Å². The van der Waals surface area contributed by atoms with Gasteiger partial charge >= 0.3 is 0 Å². The van der Waals surface area contributed by atoms with Crippen molar-refractivity contribution in [3.63, 3.8) is 0 Å². The predicted molar refractivity (Wildman–Crippen MR) is 102 cm³/mol. The van der Waals surface area contributed by atoms with Crippen molar-refractivity contribution in [2.45, 2.75) is 10.9 Å². The van der Waals surface area contributed by atoms with Crippen molar-refractivity contribution >= 4 is 17.7 Å². The Bertz CT molecular complexity index is 670. The molecule has 0 aliphatic carbocycles. The number of carbonyl (C=O) groups is 1. The van der Waals surface area contributed by atoms with Gasteiger partial charge in [0, 0.05) is 30.1 Å². The highest BCUT2D eigenvalue weighted by Gasteiger charge is 2.20. The largest absolute Gasteiger partial charge is 0.379 e. The Hall–Kier alpha value is -1.82. The van der Waals surface area contributed by atoms with Crippen LogP contribution in [0.1, 0.15) is 22.0 Å². The molecule has 0 spiro atoms. The van der Waals surface area contributed by atoms with Crippen molar-refractivity contribution in [2.75, 3.05) is 39.1 Å². The monoisotopic (exact) mass is 356 g/mol. The number of nitrogens with zero attached hydrogens (tertiary/aromatic N) is 1. The Balaban J connectivity index is 1.72. The van der Waals surface area contributed by atoms with E-state index in [-0.39, 0.29) is 11.9 Å². The van der Waals surface area contributed by atoms with Gasteiger partial charge in [0.25, 0.3) is 5.91 Å². The van der Waals surface area contributed by atoms with Gasteiger partial charge in [-0.1, -0.05) is 30.3 Å². The van der Waals surface area contributed by atoms with Crippen molar-refractivity contribution in [3.05, 3.63) is 65.7 Å². The van der Waals surface area contributed by atoms with Crippen LogP contribution in [0.4, 0.5) is 0 Å². The summed E-state index contributed by atoms with van der Waals surface area (Å²) in [7, 11) is 0. The lowest BCUT2D eigenvalue weighted by Crippen LogP contribution is -2.43. The van der Waals surface area contributed by atoms with E-state index in [4.69, 9.17) is 4.74 Å². The quantitative estimate of drug-likeness (QED) is 0.807. The van der Waals surface area contributed by atoms with Gasteiger partial charge in [0.2, 0.25) is 0 Å². The third-order valence-corrected chi connectivity index (χ3v) is 5.15. The predicted octanol–water partition coefficient (Wildman–Crippen LogP) is 3.21. The van der Waals surface area contributed by atoms with Crippen molar-refractivity contribution in [1.29, 1.82) is 0 Å². The molecule has 1 aliphatic rings. The molecular weight excluding hydrogens is 332 g/mol. The topological polar surface area (TPSA) is 41.6 Å². The summed E-state index contributed by atoms with van der Waals surface area (Å²) < 4.78 is 5.43. The maximum absolute atomic E-state index is 12.7. The number of hydrogen-bond donors (Lipinski definition) is 1. The molecule has 1 atom stereocenters. The van der Waals surface area contributed by atoms with E-state index in [1.54, 1.807) is 11.8 Å². The molecular formula is C20H24N2O2S. The van der Waals surface area contributed by atoms with Gasteiger partial charge in [-0.3, -0.25) is 9.69 Å². The minimum atomic E-state index is -0.0352. The zero-order valence-corrected chi connectivity index (χ0v) is 15.3. The highest BCUT2D eigenvalue weighted by atomic mass is 32.2. The van der Waals surface area contributed by atoms with E-state index < -0.39 is 0 Å². The van der Waals surface area contributed by atoms with E-state index in [0.717, 1.165) is 43.3 Å². The summed E-state index contributed by atoms with van der Waals surface area (Å²) >= 11 is 1.67. The van der Waals surface area contributed by atoms with Crippen molar-refractivity contribution in [1.82, 2.24) is 10.2 Å². The zero-order valence-electron chi connectivity index (χ0n) is 14.5. The van der Waals surface area contributed by atoms with Crippen LogP contribution in [0.25, 0.3) is 0 Å². The Morgan fingerprint density at radius 3 is 2.44 bits per heavy atom. The van der Waals surface area contributed by atoms with Crippen LogP contribution in [-0.4, -0.2) is 49.9 Å². The van der Waals surface area contributed by atoms with E-state index in [2.05, 4.69) is 22.3 Å².